The molecule has 0 atom stereocenters. The Balaban J connectivity index is 1.95. The quantitative estimate of drug-likeness (QED) is 0.146. The maximum absolute atomic E-state index is 7.68. The molecule has 0 aromatic heterocycles. The molecular formula is C30H70N2O12Si8. The average molecular weight is 876 g/mol. The number of nitrogens with two attached hydrogens (primary N) is 2. The summed E-state index contributed by atoms with van der Waals surface area (Å²) in [5.41, 5.74) is 12.5. The molecule has 6 aliphatic heterocycles. The summed E-state index contributed by atoms with van der Waals surface area (Å²) in [4.78, 5) is 0. The molecule has 6 aliphatic rings. The van der Waals surface area contributed by atoms with E-state index in [9.17, 15) is 0 Å². The van der Waals surface area contributed by atoms with Crippen LogP contribution in [0.5, 0.6) is 0 Å². The summed E-state index contributed by atoms with van der Waals surface area (Å²) < 4.78 is 92.0. The van der Waals surface area contributed by atoms with Gasteiger partial charge in [-0.25, -0.2) is 0 Å². The van der Waals surface area contributed by atoms with Crippen molar-refractivity contribution in [3.63, 3.8) is 0 Å². The Morgan fingerprint density at radius 2 is 0.442 bits per heavy atom. The molecule has 14 nitrogen and oxygen atoms in total. The first-order valence-corrected chi connectivity index (χ1v) is 35.4. The van der Waals surface area contributed by atoms with Gasteiger partial charge < -0.3 is 60.8 Å². The van der Waals surface area contributed by atoms with Gasteiger partial charge in [0.1, 0.15) is 0 Å². The first-order chi connectivity index (χ1) is 24.1. The second-order valence-corrected chi connectivity index (χ2v) is 42.2. The van der Waals surface area contributed by atoms with Crippen molar-refractivity contribution in [2.24, 2.45) is 47.0 Å². The molecule has 8 bridgehead atoms. The van der Waals surface area contributed by atoms with E-state index in [0.717, 1.165) is 0 Å². The second-order valence-electron chi connectivity index (χ2n) is 18.1. The van der Waals surface area contributed by atoms with Gasteiger partial charge in [-0.05, 0) is 61.4 Å². The Hall–Kier alpha value is 1.18. The Morgan fingerprint density at radius 1 is 0.288 bits per heavy atom. The lowest BCUT2D eigenvalue weighted by atomic mass is 10.3. The minimum atomic E-state index is -3.90. The first-order valence-electron chi connectivity index (χ1n) is 19.9. The van der Waals surface area contributed by atoms with Crippen LogP contribution >= 0.6 is 0 Å². The molecule has 6 heterocycles. The zero-order valence-electron chi connectivity index (χ0n) is 34.0. The number of hydrogen-bond acceptors (Lipinski definition) is 14. The van der Waals surface area contributed by atoms with Crippen LogP contribution in [0.4, 0.5) is 0 Å². The van der Waals surface area contributed by atoms with Crippen molar-refractivity contribution in [2.45, 2.75) is 144 Å². The van der Waals surface area contributed by atoms with Crippen molar-refractivity contribution in [1.82, 2.24) is 0 Å². The van der Waals surface area contributed by atoms with Crippen LogP contribution in [0.3, 0.4) is 0 Å². The van der Waals surface area contributed by atoms with Gasteiger partial charge in [0.15, 0.2) is 0 Å². The Labute approximate surface area is 322 Å². The third-order valence-corrected chi connectivity index (χ3v) is 48.7. The van der Waals surface area contributed by atoms with Crippen molar-refractivity contribution in [3.8, 4) is 0 Å². The highest BCUT2D eigenvalue weighted by Crippen LogP contribution is 2.55. The molecule has 6 rings (SSSR count). The van der Waals surface area contributed by atoms with Crippen LogP contribution < -0.4 is 11.5 Å². The third kappa shape index (κ3) is 10.1. The highest BCUT2D eigenvalue weighted by molar-refractivity contribution is 7.03. The van der Waals surface area contributed by atoms with Gasteiger partial charge in [-0.2, -0.15) is 0 Å². The van der Waals surface area contributed by atoms with Crippen molar-refractivity contribution in [3.05, 3.63) is 0 Å². The molecule has 6 saturated heterocycles. The Bertz CT molecular complexity index is 990. The molecule has 0 unspecified atom stereocenters. The lowest BCUT2D eigenvalue weighted by molar-refractivity contribution is -0.0336. The maximum atomic E-state index is 7.68. The van der Waals surface area contributed by atoms with Crippen molar-refractivity contribution in [1.29, 1.82) is 0 Å². The molecular weight excluding hydrogens is 805 g/mol. The van der Waals surface area contributed by atoms with Gasteiger partial charge in [-0.3, -0.25) is 0 Å². The zero-order valence-corrected chi connectivity index (χ0v) is 42.0. The number of hydrogen-bond donors (Lipinski definition) is 2. The summed E-state index contributed by atoms with van der Waals surface area (Å²) in [6.07, 6.45) is 1.18. The van der Waals surface area contributed by atoms with Crippen LogP contribution in [-0.2, 0) is 49.4 Å². The normalized spacial score (nSPS) is 41.8. The molecule has 0 aromatic carbocycles. The fraction of sp³-hybridized carbons (Fsp3) is 1.00. The summed E-state index contributed by atoms with van der Waals surface area (Å²) in [6, 6.07) is 3.66. The van der Waals surface area contributed by atoms with Crippen LogP contribution in [0.1, 0.15) is 95.9 Å². The minimum absolute atomic E-state index is 0.118. The molecule has 6 fully saturated rings. The molecule has 0 saturated carbocycles. The van der Waals surface area contributed by atoms with Crippen LogP contribution in [-0.4, -0.2) is 83.5 Å². The van der Waals surface area contributed by atoms with Crippen LogP contribution in [0.25, 0.3) is 0 Å². The van der Waals surface area contributed by atoms with Crippen LogP contribution in [0, 0.1) is 35.5 Å². The molecule has 0 radical (unpaired) electrons. The highest BCUT2D eigenvalue weighted by Gasteiger charge is 2.83. The van der Waals surface area contributed by atoms with E-state index in [0.29, 0.717) is 74.3 Å². The lowest BCUT2D eigenvalue weighted by Crippen LogP contribution is -2.88. The van der Waals surface area contributed by atoms with Gasteiger partial charge >= 0.3 is 70.4 Å². The Kier molecular flexibility index (Phi) is 14.0. The zero-order chi connectivity index (χ0) is 38.4. The van der Waals surface area contributed by atoms with E-state index in [1.165, 1.54) is 0 Å². The highest BCUT2D eigenvalue weighted by atomic mass is 28.6. The number of rotatable bonds is 18. The summed E-state index contributed by atoms with van der Waals surface area (Å²) >= 11 is 0. The predicted octanol–water partition coefficient (Wildman–Crippen LogP) is 6.40. The summed E-state index contributed by atoms with van der Waals surface area (Å²) in [5, 5.41) is 0. The largest absolute Gasteiger partial charge is 0.479 e. The molecule has 304 valence electrons. The first kappa shape index (κ1) is 44.3. The monoisotopic (exact) mass is 874 g/mol. The van der Waals surface area contributed by atoms with E-state index in [-0.39, 0.29) is 35.5 Å². The van der Waals surface area contributed by atoms with Crippen LogP contribution in [0.15, 0.2) is 0 Å². The summed E-state index contributed by atoms with van der Waals surface area (Å²) in [5.74, 6) is 0.710. The van der Waals surface area contributed by atoms with E-state index in [1.807, 2.05) is 0 Å². The van der Waals surface area contributed by atoms with E-state index >= 15 is 0 Å². The van der Waals surface area contributed by atoms with Crippen molar-refractivity contribution in [2.75, 3.05) is 13.1 Å². The van der Waals surface area contributed by atoms with Gasteiger partial charge in [0.05, 0.1) is 0 Å². The van der Waals surface area contributed by atoms with Gasteiger partial charge in [0, 0.05) is 48.4 Å². The van der Waals surface area contributed by atoms with E-state index in [4.69, 9.17) is 60.8 Å². The third-order valence-electron chi connectivity index (χ3n) is 9.06. The predicted molar refractivity (Wildman–Crippen MR) is 214 cm³/mol. The molecule has 0 aliphatic carbocycles. The second kappa shape index (κ2) is 16.4. The van der Waals surface area contributed by atoms with E-state index in [1.54, 1.807) is 0 Å². The fourth-order valence-corrected chi connectivity index (χ4v) is 59.5. The van der Waals surface area contributed by atoms with E-state index < -0.39 is 70.4 Å². The van der Waals surface area contributed by atoms with Gasteiger partial charge in [-0.1, -0.05) is 83.1 Å². The molecule has 22 heteroatoms. The minimum Gasteiger partial charge on any atom is -0.373 e. The van der Waals surface area contributed by atoms with E-state index in [2.05, 4.69) is 83.1 Å². The van der Waals surface area contributed by atoms with Gasteiger partial charge in [0.25, 0.3) is 0 Å². The van der Waals surface area contributed by atoms with Gasteiger partial charge in [0.2, 0.25) is 0 Å². The summed E-state index contributed by atoms with van der Waals surface area (Å²) in [6.45, 7) is 26.6. The smallest absolute Gasteiger partial charge is 0.373 e. The average Bonchev–Trinajstić information content (AvgIpc) is 2.88. The molecule has 0 spiro atoms. The molecule has 4 N–H and O–H groups in total. The van der Waals surface area contributed by atoms with Crippen LogP contribution in [0.2, 0.25) is 48.4 Å². The summed E-state index contributed by atoms with van der Waals surface area (Å²) in [7, 11) is -31.2. The molecule has 0 aromatic rings. The van der Waals surface area contributed by atoms with Crippen molar-refractivity contribution >= 4 is 70.4 Å². The molecule has 0 amide bonds. The lowest BCUT2D eigenvalue weighted by Gasteiger charge is -2.64. The SMILES string of the molecule is CC(C)C[Si]12O[Si]3(CCCN)O[Si]4(CC(C)C)O[Si](CC(C)C)(O[Si]5(CCCN)O[Si](CC(C)C)(O1)O[Si](CC(C)C)(O3)O[Si](CC(C)C)(O5)O4)O2. The fourth-order valence-electron chi connectivity index (χ4n) is 8.04. The Morgan fingerprint density at radius 3 is 0.577 bits per heavy atom. The maximum Gasteiger partial charge on any atom is 0.479 e. The van der Waals surface area contributed by atoms with Gasteiger partial charge in [-0.15, -0.1) is 0 Å². The molecule has 52 heavy (non-hydrogen) atoms. The van der Waals surface area contributed by atoms with Crippen molar-refractivity contribution < 1.29 is 49.4 Å². The standard InChI is InChI=1S/C30H70N2O12Si8/c1-25(2)19-47-33-45(17-13-15-31)34-50(22-28(7)8)41-48(39-47,20-26(3)4)36-46(18-14-16-32)37-49(40-47,21-27(5)6)42-51(35-45,23-29(9)10)44-52(38-46,43-50)24-30(11)12/h25-30H,13-24,31-32H2,1-12H3. The topological polar surface area (TPSA) is 163 Å².